The Bertz CT molecular complexity index is 616. The Morgan fingerprint density at radius 1 is 1.36 bits per heavy atom. The van der Waals surface area contributed by atoms with Gasteiger partial charge in [0.1, 0.15) is 11.9 Å². The van der Waals surface area contributed by atoms with Crippen LogP contribution in [0.1, 0.15) is 31.7 Å². The molecule has 0 aromatic heterocycles. The molecule has 7 heteroatoms. The van der Waals surface area contributed by atoms with Crippen LogP contribution in [-0.4, -0.2) is 37.0 Å². The molecule has 0 saturated carbocycles. The van der Waals surface area contributed by atoms with Crippen LogP contribution in [0, 0.1) is 5.82 Å². The standard InChI is InChI=1S/C15H21FN2O3S/c1-2-10-22(20,21)18-9-3-4-14(18)15(19)17-11-12-5-7-13(16)8-6-12/h5-8,14H,2-4,9-11H2,1H3,(H,17,19)/t14-/m0/s1. The summed E-state index contributed by atoms with van der Waals surface area (Å²) in [5, 5.41) is 2.74. The van der Waals surface area contributed by atoms with Crippen LogP contribution in [0.15, 0.2) is 24.3 Å². The highest BCUT2D eigenvalue weighted by Gasteiger charge is 2.37. The van der Waals surface area contributed by atoms with Crippen LogP contribution < -0.4 is 5.32 Å². The Hall–Kier alpha value is -1.47. The Kier molecular flexibility index (Phi) is 5.52. The summed E-state index contributed by atoms with van der Waals surface area (Å²) >= 11 is 0. The minimum Gasteiger partial charge on any atom is -0.351 e. The molecule has 0 aliphatic carbocycles. The van der Waals surface area contributed by atoms with E-state index in [1.54, 1.807) is 19.1 Å². The van der Waals surface area contributed by atoms with E-state index in [1.165, 1.54) is 16.4 Å². The van der Waals surface area contributed by atoms with Crippen molar-refractivity contribution < 1.29 is 17.6 Å². The minimum atomic E-state index is -3.37. The Labute approximate surface area is 130 Å². The van der Waals surface area contributed by atoms with Crippen LogP contribution >= 0.6 is 0 Å². The number of hydrogen-bond acceptors (Lipinski definition) is 3. The van der Waals surface area contributed by atoms with Gasteiger partial charge in [-0.3, -0.25) is 4.79 Å². The average molecular weight is 328 g/mol. The van der Waals surface area contributed by atoms with Crippen molar-refractivity contribution in [1.82, 2.24) is 9.62 Å². The summed E-state index contributed by atoms with van der Waals surface area (Å²) < 4.78 is 38.5. The molecular weight excluding hydrogens is 307 g/mol. The molecule has 122 valence electrons. The number of hydrogen-bond donors (Lipinski definition) is 1. The molecule has 1 aliphatic heterocycles. The van der Waals surface area contributed by atoms with Gasteiger partial charge in [-0.05, 0) is 37.0 Å². The zero-order valence-electron chi connectivity index (χ0n) is 12.6. The fourth-order valence-electron chi connectivity index (χ4n) is 2.62. The highest BCUT2D eigenvalue weighted by atomic mass is 32.2. The normalized spacial score (nSPS) is 19.3. The lowest BCUT2D eigenvalue weighted by molar-refractivity contribution is -0.124. The molecule has 1 aliphatic rings. The molecule has 1 saturated heterocycles. The van der Waals surface area contributed by atoms with Gasteiger partial charge in [-0.2, -0.15) is 4.31 Å². The van der Waals surface area contributed by atoms with Crippen molar-refractivity contribution in [2.45, 2.75) is 38.8 Å². The van der Waals surface area contributed by atoms with Gasteiger partial charge in [0, 0.05) is 13.1 Å². The first-order valence-corrected chi connectivity index (χ1v) is 9.06. The highest BCUT2D eigenvalue weighted by molar-refractivity contribution is 7.89. The summed E-state index contributed by atoms with van der Waals surface area (Å²) in [5.74, 6) is -0.557. The molecule has 0 unspecified atom stereocenters. The van der Waals surface area contributed by atoms with E-state index in [-0.39, 0.29) is 24.0 Å². The maximum absolute atomic E-state index is 12.8. The molecule has 2 rings (SSSR count). The van der Waals surface area contributed by atoms with Gasteiger partial charge in [0.05, 0.1) is 5.75 Å². The van der Waals surface area contributed by atoms with Gasteiger partial charge < -0.3 is 5.32 Å². The summed E-state index contributed by atoms with van der Waals surface area (Å²) in [6.45, 7) is 2.46. The first kappa shape index (κ1) is 16.9. The number of amides is 1. The van der Waals surface area contributed by atoms with Gasteiger partial charge in [0.15, 0.2) is 0 Å². The number of halogens is 1. The molecule has 1 fully saturated rings. The lowest BCUT2D eigenvalue weighted by Gasteiger charge is -2.23. The molecule has 0 bridgehead atoms. The third-order valence-electron chi connectivity index (χ3n) is 3.71. The van der Waals surface area contributed by atoms with Gasteiger partial charge in [0.2, 0.25) is 15.9 Å². The van der Waals surface area contributed by atoms with E-state index in [2.05, 4.69) is 5.32 Å². The fraction of sp³-hybridized carbons (Fsp3) is 0.533. The average Bonchev–Trinajstić information content (AvgIpc) is 2.97. The molecule has 1 atom stereocenters. The fourth-order valence-corrected chi connectivity index (χ4v) is 4.37. The van der Waals surface area contributed by atoms with Gasteiger partial charge in [-0.1, -0.05) is 19.1 Å². The molecule has 1 aromatic rings. The number of benzene rings is 1. The number of rotatable bonds is 6. The van der Waals surface area contributed by atoms with Crippen LogP contribution in [0.3, 0.4) is 0 Å². The van der Waals surface area contributed by atoms with Crippen molar-refractivity contribution in [3.8, 4) is 0 Å². The molecule has 0 radical (unpaired) electrons. The van der Waals surface area contributed by atoms with E-state index in [9.17, 15) is 17.6 Å². The Balaban J connectivity index is 1.97. The number of sulfonamides is 1. The number of nitrogens with one attached hydrogen (secondary N) is 1. The SMILES string of the molecule is CCCS(=O)(=O)N1CCC[C@H]1C(=O)NCc1ccc(F)cc1. The second kappa shape index (κ2) is 7.19. The minimum absolute atomic E-state index is 0.0642. The Morgan fingerprint density at radius 3 is 2.68 bits per heavy atom. The van der Waals surface area contributed by atoms with Crippen LogP contribution in [0.25, 0.3) is 0 Å². The van der Waals surface area contributed by atoms with Crippen molar-refractivity contribution >= 4 is 15.9 Å². The third kappa shape index (κ3) is 4.04. The lowest BCUT2D eigenvalue weighted by atomic mass is 10.2. The molecule has 1 heterocycles. The van der Waals surface area contributed by atoms with Crippen molar-refractivity contribution in [2.75, 3.05) is 12.3 Å². The summed E-state index contributed by atoms with van der Waals surface area (Å²) in [7, 11) is -3.37. The van der Waals surface area contributed by atoms with E-state index in [0.717, 1.165) is 5.56 Å². The van der Waals surface area contributed by atoms with Crippen molar-refractivity contribution in [2.24, 2.45) is 0 Å². The number of carbonyl (C=O) groups excluding carboxylic acids is 1. The number of carbonyl (C=O) groups is 1. The first-order valence-electron chi connectivity index (χ1n) is 7.45. The van der Waals surface area contributed by atoms with Crippen molar-refractivity contribution in [3.05, 3.63) is 35.6 Å². The van der Waals surface area contributed by atoms with Gasteiger partial charge in [0.25, 0.3) is 0 Å². The highest BCUT2D eigenvalue weighted by Crippen LogP contribution is 2.22. The van der Waals surface area contributed by atoms with Crippen LogP contribution in [-0.2, 0) is 21.4 Å². The van der Waals surface area contributed by atoms with E-state index < -0.39 is 16.1 Å². The van der Waals surface area contributed by atoms with Crippen LogP contribution in [0.4, 0.5) is 4.39 Å². The zero-order chi connectivity index (χ0) is 16.2. The summed E-state index contributed by atoms with van der Waals surface area (Å²) in [6, 6.07) is 5.22. The quantitative estimate of drug-likeness (QED) is 0.863. The predicted molar refractivity (Wildman–Crippen MR) is 82.1 cm³/mol. The third-order valence-corrected chi connectivity index (χ3v) is 5.78. The summed E-state index contributed by atoms with van der Waals surface area (Å²) in [5.41, 5.74) is 0.774. The predicted octanol–water partition coefficient (Wildman–Crippen LogP) is 1.65. The summed E-state index contributed by atoms with van der Waals surface area (Å²) in [4.78, 5) is 12.3. The number of nitrogens with zero attached hydrogens (tertiary/aromatic N) is 1. The van der Waals surface area contributed by atoms with Gasteiger partial charge in [-0.15, -0.1) is 0 Å². The molecule has 1 N–H and O–H groups in total. The molecular formula is C15H21FN2O3S. The maximum atomic E-state index is 12.8. The second-order valence-electron chi connectivity index (χ2n) is 5.43. The topological polar surface area (TPSA) is 66.5 Å². The Morgan fingerprint density at radius 2 is 2.05 bits per heavy atom. The molecule has 1 aromatic carbocycles. The van der Waals surface area contributed by atoms with E-state index in [4.69, 9.17) is 0 Å². The van der Waals surface area contributed by atoms with E-state index in [1.807, 2.05) is 0 Å². The van der Waals surface area contributed by atoms with E-state index >= 15 is 0 Å². The van der Waals surface area contributed by atoms with Crippen molar-refractivity contribution in [1.29, 1.82) is 0 Å². The second-order valence-corrected chi connectivity index (χ2v) is 7.47. The summed E-state index contributed by atoms with van der Waals surface area (Å²) in [6.07, 6.45) is 1.76. The molecule has 22 heavy (non-hydrogen) atoms. The maximum Gasteiger partial charge on any atom is 0.238 e. The van der Waals surface area contributed by atoms with Crippen LogP contribution in [0.5, 0.6) is 0 Å². The monoisotopic (exact) mass is 328 g/mol. The van der Waals surface area contributed by atoms with Gasteiger partial charge >= 0.3 is 0 Å². The molecule has 1 amide bonds. The smallest absolute Gasteiger partial charge is 0.238 e. The van der Waals surface area contributed by atoms with Crippen LogP contribution in [0.2, 0.25) is 0 Å². The lowest BCUT2D eigenvalue weighted by Crippen LogP contribution is -2.46. The van der Waals surface area contributed by atoms with E-state index in [0.29, 0.717) is 25.8 Å². The van der Waals surface area contributed by atoms with Gasteiger partial charge in [-0.25, -0.2) is 12.8 Å². The zero-order valence-corrected chi connectivity index (χ0v) is 13.4. The first-order chi connectivity index (χ1) is 10.4. The molecule has 5 nitrogen and oxygen atoms in total. The molecule has 0 spiro atoms. The largest absolute Gasteiger partial charge is 0.351 e. The van der Waals surface area contributed by atoms with Crippen molar-refractivity contribution in [3.63, 3.8) is 0 Å².